The Hall–Kier alpha value is -3.15. The second kappa shape index (κ2) is 8.69. The van der Waals surface area contributed by atoms with E-state index >= 15 is 0 Å². The van der Waals surface area contributed by atoms with Crippen LogP contribution in [0.2, 0.25) is 0 Å². The first-order valence-corrected chi connectivity index (χ1v) is 10.1. The van der Waals surface area contributed by atoms with Crippen molar-refractivity contribution in [3.63, 3.8) is 0 Å². The van der Waals surface area contributed by atoms with E-state index in [4.69, 9.17) is 0 Å². The average Bonchev–Trinajstić information content (AvgIpc) is 2.64. The van der Waals surface area contributed by atoms with Crippen molar-refractivity contribution >= 4 is 27.5 Å². The lowest BCUT2D eigenvalue weighted by Crippen LogP contribution is -2.47. The van der Waals surface area contributed by atoms with Gasteiger partial charge in [0.2, 0.25) is 10.0 Å². The quantitative estimate of drug-likeness (QED) is 0.544. The van der Waals surface area contributed by atoms with E-state index in [1.165, 1.54) is 5.43 Å². The zero-order valence-corrected chi connectivity index (χ0v) is 16.6. The van der Waals surface area contributed by atoms with Crippen LogP contribution in [0.1, 0.15) is 21.5 Å². The number of anilines is 1. The molecular weight excluding hydrogens is 430 g/mol. The van der Waals surface area contributed by atoms with Gasteiger partial charge in [-0.1, -0.05) is 23.8 Å². The van der Waals surface area contributed by atoms with Gasteiger partial charge in [-0.15, -0.1) is 0 Å². The Morgan fingerprint density at radius 3 is 2.13 bits per heavy atom. The van der Waals surface area contributed by atoms with Crippen LogP contribution in [0.25, 0.3) is 0 Å². The van der Waals surface area contributed by atoms with Crippen molar-refractivity contribution < 1.29 is 35.6 Å². The minimum absolute atomic E-state index is 0.0723. The molecule has 2 amide bonds. The van der Waals surface area contributed by atoms with Gasteiger partial charge in [-0.05, 0) is 31.2 Å². The Morgan fingerprint density at radius 2 is 1.63 bits per heavy atom. The molecule has 0 spiro atoms. The Kier molecular flexibility index (Phi) is 6.70. The number of aryl methyl sites for hydroxylation is 1. The molecule has 0 aliphatic heterocycles. The molecule has 7 nitrogen and oxygen atoms in total. The summed E-state index contributed by atoms with van der Waals surface area (Å²) in [4.78, 5) is 22.5. The molecule has 0 radical (unpaired) electrons. The number of carbonyl (C=O) groups excluding carboxylic acids is 2. The lowest BCUT2D eigenvalue weighted by atomic mass is 10.1. The van der Waals surface area contributed by atoms with Crippen LogP contribution in [0, 0.1) is 12.7 Å². The normalized spacial score (nSPS) is 11.7. The number of benzene rings is 2. The second-order valence-corrected chi connectivity index (χ2v) is 8.22. The molecule has 2 rings (SSSR count). The molecule has 0 fully saturated rings. The van der Waals surface area contributed by atoms with Gasteiger partial charge >= 0.3 is 12.1 Å². The van der Waals surface area contributed by atoms with Crippen LogP contribution in [0.5, 0.6) is 0 Å². The van der Waals surface area contributed by atoms with Crippen LogP contribution in [-0.2, 0) is 21.4 Å². The monoisotopic (exact) mass is 447 g/mol. The third kappa shape index (κ3) is 5.92. The fourth-order valence-electron chi connectivity index (χ4n) is 2.34. The fourth-order valence-corrected chi connectivity index (χ4v) is 3.22. The number of halogens is 4. The van der Waals surface area contributed by atoms with Crippen LogP contribution in [0.15, 0.2) is 42.5 Å². The van der Waals surface area contributed by atoms with Crippen LogP contribution in [0.4, 0.5) is 23.2 Å². The van der Waals surface area contributed by atoms with Crippen LogP contribution >= 0.6 is 0 Å². The molecule has 0 atom stereocenters. The number of nitrogens with one attached hydrogen (secondary N) is 2. The van der Waals surface area contributed by atoms with Crippen molar-refractivity contribution in [2.24, 2.45) is 0 Å². The van der Waals surface area contributed by atoms with Gasteiger partial charge in [-0.25, -0.2) is 12.8 Å². The first-order valence-electron chi connectivity index (χ1n) is 8.29. The number of carbonyl (C=O) groups is 2. The van der Waals surface area contributed by atoms with Crippen molar-refractivity contribution in [3.05, 3.63) is 65.0 Å². The van der Waals surface area contributed by atoms with E-state index in [-0.39, 0.29) is 17.7 Å². The third-order valence-corrected chi connectivity index (χ3v) is 5.04. The molecule has 2 N–H and O–H groups in total. The molecule has 12 heteroatoms. The van der Waals surface area contributed by atoms with Crippen molar-refractivity contribution in [2.75, 3.05) is 10.6 Å². The van der Waals surface area contributed by atoms with Crippen molar-refractivity contribution in [3.8, 4) is 0 Å². The van der Waals surface area contributed by atoms with Gasteiger partial charge in [0, 0.05) is 11.1 Å². The van der Waals surface area contributed by atoms with Crippen molar-refractivity contribution in [1.82, 2.24) is 10.9 Å². The maximum atomic E-state index is 14.5. The van der Waals surface area contributed by atoms with Crippen LogP contribution < -0.4 is 15.2 Å². The molecule has 0 saturated carbocycles. The summed E-state index contributed by atoms with van der Waals surface area (Å²) in [6, 6.07) is 9.42. The molecule has 0 aliphatic carbocycles. The Bertz CT molecular complexity index is 1050. The van der Waals surface area contributed by atoms with E-state index in [2.05, 4.69) is 0 Å². The maximum absolute atomic E-state index is 14.5. The molecule has 2 aromatic carbocycles. The smallest absolute Gasteiger partial charge is 0.267 e. The van der Waals surface area contributed by atoms with E-state index < -0.39 is 33.8 Å². The summed E-state index contributed by atoms with van der Waals surface area (Å²) in [5.74, 6) is -4.53. The standard InChI is InChI=1S/C18H17F4N3O4S/c1-11-3-7-14(8-4-11)25(30(2,28)29)10-13-6-5-12(9-15(13)19)16(26)23-24-17(27)18(20,21)22/h3-9H,10H2,1-2H3,(H,23,26)(H,24,27). The lowest BCUT2D eigenvalue weighted by Gasteiger charge is -2.23. The summed E-state index contributed by atoms with van der Waals surface area (Å²) in [6.45, 7) is 1.44. The molecular formula is C18H17F4N3O4S. The largest absolute Gasteiger partial charge is 0.472 e. The van der Waals surface area contributed by atoms with Gasteiger partial charge in [-0.2, -0.15) is 13.2 Å². The van der Waals surface area contributed by atoms with Gasteiger partial charge < -0.3 is 0 Å². The number of sulfonamides is 1. The molecule has 30 heavy (non-hydrogen) atoms. The van der Waals surface area contributed by atoms with Gasteiger partial charge in [0.15, 0.2) is 0 Å². The number of nitrogens with zero attached hydrogens (tertiary/aromatic N) is 1. The highest BCUT2D eigenvalue weighted by molar-refractivity contribution is 7.92. The molecule has 0 bridgehead atoms. The van der Waals surface area contributed by atoms with Gasteiger partial charge in [-0.3, -0.25) is 24.7 Å². The minimum Gasteiger partial charge on any atom is -0.267 e. The van der Waals surface area contributed by atoms with Crippen molar-refractivity contribution in [1.29, 1.82) is 0 Å². The van der Waals surface area contributed by atoms with Gasteiger partial charge in [0.05, 0.1) is 18.5 Å². The summed E-state index contributed by atoms with van der Waals surface area (Å²) in [5.41, 5.74) is 3.43. The Morgan fingerprint density at radius 1 is 1.03 bits per heavy atom. The number of rotatable bonds is 5. The summed E-state index contributed by atoms with van der Waals surface area (Å²) >= 11 is 0. The number of alkyl halides is 3. The minimum atomic E-state index is -5.20. The Labute approximate surface area is 169 Å². The molecule has 0 aromatic heterocycles. The lowest BCUT2D eigenvalue weighted by molar-refractivity contribution is -0.174. The first kappa shape index (κ1) is 23.1. The summed E-state index contributed by atoms with van der Waals surface area (Å²) < 4.78 is 76.1. The maximum Gasteiger partial charge on any atom is 0.472 e. The highest BCUT2D eigenvalue weighted by Gasteiger charge is 2.39. The zero-order chi connectivity index (χ0) is 22.7. The van der Waals surface area contributed by atoms with E-state index in [1.54, 1.807) is 24.3 Å². The third-order valence-electron chi connectivity index (χ3n) is 3.90. The summed E-state index contributed by atoms with van der Waals surface area (Å²) in [5, 5.41) is 0. The van der Waals surface area contributed by atoms with E-state index in [0.29, 0.717) is 5.69 Å². The Balaban J connectivity index is 2.20. The molecule has 0 aliphatic rings. The molecule has 0 unspecified atom stereocenters. The predicted octanol–water partition coefficient (Wildman–Crippen LogP) is 2.42. The topological polar surface area (TPSA) is 95.6 Å². The van der Waals surface area contributed by atoms with Crippen molar-refractivity contribution in [2.45, 2.75) is 19.6 Å². The van der Waals surface area contributed by atoms with Crippen LogP contribution in [0.3, 0.4) is 0 Å². The van der Waals surface area contributed by atoms with Gasteiger partial charge in [0.25, 0.3) is 5.91 Å². The first-order chi connectivity index (χ1) is 13.8. The van der Waals surface area contributed by atoms with Gasteiger partial charge in [0.1, 0.15) is 5.82 Å². The SMILES string of the molecule is Cc1ccc(N(Cc2ccc(C(=O)NNC(=O)C(F)(F)F)cc2F)S(C)(=O)=O)cc1. The molecule has 0 heterocycles. The molecule has 2 aromatic rings. The van der Waals surface area contributed by atoms with E-state index in [0.717, 1.165) is 39.7 Å². The molecule has 162 valence electrons. The number of hydrogen-bond acceptors (Lipinski definition) is 4. The number of hydrazine groups is 1. The highest BCUT2D eigenvalue weighted by Crippen LogP contribution is 2.23. The number of amides is 2. The molecule has 0 saturated heterocycles. The summed E-state index contributed by atoms with van der Waals surface area (Å²) in [6.07, 6.45) is -4.25. The zero-order valence-electron chi connectivity index (χ0n) is 15.7. The predicted molar refractivity (Wildman–Crippen MR) is 100 cm³/mol. The fraction of sp³-hybridized carbons (Fsp3) is 0.222. The summed E-state index contributed by atoms with van der Waals surface area (Å²) in [7, 11) is -3.77. The van der Waals surface area contributed by atoms with Crippen LogP contribution in [-0.4, -0.2) is 32.7 Å². The number of hydrogen-bond donors (Lipinski definition) is 2. The van der Waals surface area contributed by atoms with E-state index in [9.17, 15) is 35.6 Å². The average molecular weight is 447 g/mol. The second-order valence-electron chi connectivity index (χ2n) is 6.32. The van der Waals surface area contributed by atoms with E-state index in [1.807, 2.05) is 6.92 Å². The highest BCUT2D eigenvalue weighted by atomic mass is 32.2.